The molecule has 1 aromatic heterocycles. The average Bonchev–Trinajstić information content (AvgIpc) is 2.83. The first-order valence-electron chi connectivity index (χ1n) is 6.91. The molecular weight excluding hydrogens is 285 g/mol. The molecule has 0 spiro atoms. The Bertz CT molecular complexity index is 728. The van der Waals surface area contributed by atoms with Crippen molar-refractivity contribution in [2.24, 2.45) is 0 Å². The van der Waals surface area contributed by atoms with E-state index < -0.39 is 17.4 Å². The average molecular weight is 299 g/mol. The number of imide groups is 1. The highest BCUT2D eigenvalue weighted by Gasteiger charge is 2.46. The molecule has 0 aliphatic carbocycles. The predicted molar refractivity (Wildman–Crippen MR) is 78.3 cm³/mol. The SMILES string of the molecule is CC[C@@]1(c2ccc(-c3ccc(F)cn3)cc2)NC(=O)NC1=O. The molecule has 1 aliphatic heterocycles. The minimum Gasteiger partial charge on any atom is -0.319 e. The molecule has 2 N–H and O–H groups in total. The predicted octanol–water partition coefficient (Wildman–Crippen LogP) is 2.33. The Hall–Kier alpha value is -2.76. The van der Waals surface area contributed by atoms with E-state index in [-0.39, 0.29) is 5.91 Å². The van der Waals surface area contributed by atoms with Crippen molar-refractivity contribution in [3.05, 3.63) is 54.0 Å². The largest absolute Gasteiger partial charge is 0.322 e. The maximum Gasteiger partial charge on any atom is 0.322 e. The number of hydrogen-bond donors (Lipinski definition) is 2. The Morgan fingerprint density at radius 3 is 2.36 bits per heavy atom. The van der Waals surface area contributed by atoms with Crippen molar-refractivity contribution in [1.29, 1.82) is 0 Å². The zero-order chi connectivity index (χ0) is 15.7. The van der Waals surface area contributed by atoms with E-state index >= 15 is 0 Å². The number of pyridine rings is 1. The first-order valence-corrected chi connectivity index (χ1v) is 6.91. The van der Waals surface area contributed by atoms with Gasteiger partial charge in [0.2, 0.25) is 0 Å². The molecule has 112 valence electrons. The van der Waals surface area contributed by atoms with Crippen LogP contribution >= 0.6 is 0 Å². The smallest absolute Gasteiger partial charge is 0.319 e. The molecule has 6 heteroatoms. The van der Waals surface area contributed by atoms with Crippen LogP contribution in [0.3, 0.4) is 0 Å². The van der Waals surface area contributed by atoms with E-state index in [2.05, 4.69) is 15.6 Å². The van der Waals surface area contributed by atoms with Gasteiger partial charge in [-0.25, -0.2) is 9.18 Å². The fraction of sp³-hybridized carbons (Fsp3) is 0.188. The molecule has 3 amide bonds. The normalized spacial score (nSPS) is 20.6. The molecule has 1 aliphatic rings. The second-order valence-electron chi connectivity index (χ2n) is 5.11. The zero-order valence-electron chi connectivity index (χ0n) is 11.9. The number of amides is 3. The number of carbonyl (C=O) groups excluding carboxylic acids is 2. The van der Waals surface area contributed by atoms with E-state index in [0.717, 1.165) is 11.8 Å². The second-order valence-corrected chi connectivity index (χ2v) is 5.11. The summed E-state index contributed by atoms with van der Waals surface area (Å²) in [5.74, 6) is -0.747. The minimum atomic E-state index is -1.04. The van der Waals surface area contributed by atoms with Crippen molar-refractivity contribution >= 4 is 11.9 Å². The Morgan fingerprint density at radius 1 is 1.14 bits per heavy atom. The molecule has 0 unspecified atom stereocenters. The van der Waals surface area contributed by atoms with Gasteiger partial charge in [-0.15, -0.1) is 0 Å². The third kappa shape index (κ3) is 2.22. The van der Waals surface area contributed by atoms with Crippen LogP contribution in [0, 0.1) is 5.82 Å². The van der Waals surface area contributed by atoms with E-state index in [9.17, 15) is 14.0 Å². The van der Waals surface area contributed by atoms with E-state index in [4.69, 9.17) is 0 Å². The summed E-state index contributed by atoms with van der Waals surface area (Å²) in [6.45, 7) is 1.83. The molecule has 1 atom stereocenters. The standard InChI is InChI=1S/C16H14FN3O2/c1-2-16(14(21)19-15(22)20-16)11-5-3-10(4-6-11)13-8-7-12(17)9-18-13/h3-9H,2H2,1H3,(H2,19,20,21,22)/t16-/m0/s1. The van der Waals surface area contributed by atoms with Crippen LogP contribution in [0.2, 0.25) is 0 Å². The first kappa shape index (κ1) is 14.2. The topological polar surface area (TPSA) is 71.1 Å². The molecule has 5 nitrogen and oxygen atoms in total. The van der Waals surface area contributed by atoms with Crippen molar-refractivity contribution in [2.45, 2.75) is 18.9 Å². The number of hydrogen-bond acceptors (Lipinski definition) is 3. The van der Waals surface area contributed by atoms with E-state index in [1.54, 1.807) is 30.3 Å². The molecule has 3 rings (SSSR count). The highest BCUT2D eigenvalue weighted by molar-refractivity contribution is 6.07. The van der Waals surface area contributed by atoms with E-state index in [1.165, 1.54) is 6.07 Å². The van der Waals surface area contributed by atoms with Gasteiger partial charge >= 0.3 is 6.03 Å². The van der Waals surface area contributed by atoms with Crippen molar-refractivity contribution in [2.75, 3.05) is 0 Å². The molecule has 1 aromatic carbocycles. The third-order valence-electron chi connectivity index (χ3n) is 3.87. The highest BCUT2D eigenvalue weighted by atomic mass is 19.1. The molecule has 1 fully saturated rings. The summed E-state index contributed by atoms with van der Waals surface area (Å²) < 4.78 is 12.9. The van der Waals surface area contributed by atoms with Gasteiger partial charge in [-0.1, -0.05) is 31.2 Å². The number of rotatable bonds is 3. The molecule has 0 radical (unpaired) electrons. The summed E-state index contributed by atoms with van der Waals surface area (Å²) in [6, 6.07) is 9.58. The Balaban J connectivity index is 1.95. The molecule has 1 saturated heterocycles. The number of carbonyl (C=O) groups is 2. The first-order chi connectivity index (χ1) is 10.5. The van der Waals surface area contributed by atoms with Crippen molar-refractivity contribution < 1.29 is 14.0 Å². The molecule has 0 saturated carbocycles. The number of nitrogens with one attached hydrogen (secondary N) is 2. The third-order valence-corrected chi connectivity index (χ3v) is 3.87. The lowest BCUT2D eigenvalue weighted by atomic mass is 9.87. The lowest BCUT2D eigenvalue weighted by Gasteiger charge is -2.25. The molecule has 2 heterocycles. The molecule has 2 aromatic rings. The van der Waals surface area contributed by atoms with Gasteiger partial charge in [0.05, 0.1) is 11.9 Å². The maximum absolute atomic E-state index is 12.9. The summed E-state index contributed by atoms with van der Waals surface area (Å²) in [4.78, 5) is 27.5. The molecule has 22 heavy (non-hydrogen) atoms. The van der Waals surface area contributed by atoms with Crippen molar-refractivity contribution in [1.82, 2.24) is 15.6 Å². The Kier molecular flexibility index (Phi) is 3.36. The summed E-state index contributed by atoms with van der Waals surface area (Å²) in [5.41, 5.74) is 1.11. The number of benzene rings is 1. The van der Waals surface area contributed by atoms with Crippen LogP contribution in [0.5, 0.6) is 0 Å². The van der Waals surface area contributed by atoms with Gasteiger partial charge in [-0.05, 0) is 24.1 Å². The number of aromatic nitrogens is 1. The second kappa shape index (κ2) is 5.22. The van der Waals surface area contributed by atoms with Crippen LogP contribution in [0.4, 0.5) is 9.18 Å². The highest BCUT2D eigenvalue weighted by Crippen LogP contribution is 2.30. The van der Waals surface area contributed by atoms with Crippen LogP contribution in [0.1, 0.15) is 18.9 Å². The van der Waals surface area contributed by atoms with E-state index in [1.807, 2.05) is 6.92 Å². The van der Waals surface area contributed by atoms with Gasteiger partial charge in [0.25, 0.3) is 5.91 Å². The number of nitrogens with zero attached hydrogens (tertiary/aromatic N) is 1. The summed E-state index contributed by atoms with van der Waals surface area (Å²) in [5, 5.41) is 4.95. The van der Waals surface area contributed by atoms with E-state index in [0.29, 0.717) is 17.7 Å². The summed E-state index contributed by atoms with van der Waals surface area (Å²) >= 11 is 0. The Morgan fingerprint density at radius 2 is 1.86 bits per heavy atom. The quantitative estimate of drug-likeness (QED) is 0.855. The summed E-state index contributed by atoms with van der Waals surface area (Å²) in [7, 11) is 0. The van der Waals surface area contributed by atoms with Gasteiger partial charge in [0.15, 0.2) is 0 Å². The van der Waals surface area contributed by atoms with Gasteiger partial charge in [0.1, 0.15) is 11.4 Å². The molecular formula is C16H14FN3O2. The van der Waals surface area contributed by atoms with Gasteiger partial charge in [0, 0.05) is 5.56 Å². The van der Waals surface area contributed by atoms with Crippen LogP contribution in [-0.4, -0.2) is 16.9 Å². The van der Waals surface area contributed by atoms with Crippen LogP contribution in [-0.2, 0) is 10.3 Å². The van der Waals surface area contributed by atoms with Crippen molar-refractivity contribution in [3.63, 3.8) is 0 Å². The van der Waals surface area contributed by atoms with Gasteiger partial charge in [-0.3, -0.25) is 15.1 Å². The van der Waals surface area contributed by atoms with Gasteiger partial charge < -0.3 is 5.32 Å². The number of urea groups is 1. The summed E-state index contributed by atoms with van der Waals surface area (Å²) in [6.07, 6.45) is 1.60. The minimum absolute atomic E-state index is 0.354. The lowest BCUT2D eigenvalue weighted by molar-refractivity contribution is -0.124. The lowest BCUT2D eigenvalue weighted by Crippen LogP contribution is -2.43. The number of halogens is 1. The van der Waals surface area contributed by atoms with Crippen LogP contribution in [0.25, 0.3) is 11.3 Å². The zero-order valence-corrected chi connectivity index (χ0v) is 11.9. The fourth-order valence-electron chi connectivity index (χ4n) is 2.62. The maximum atomic E-state index is 12.9. The Labute approximate surface area is 126 Å². The molecule has 0 bridgehead atoms. The van der Waals surface area contributed by atoms with Crippen LogP contribution < -0.4 is 10.6 Å². The van der Waals surface area contributed by atoms with Crippen LogP contribution in [0.15, 0.2) is 42.6 Å². The van der Waals surface area contributed by atoms with Gasteiger partial charge in [-0.2, -0.15) is 0 Å². The monoisotopic (exact) mass is 299 g/mol. The van der Waals surface area contributed by atoms with Crippen molar-refractivity contribution in [3.8, 4) is 11.3 Å². The fourth-order valence-corrected chi connectivity index (χ4v) is 2.62.